The Morgan fingerprint density at radius 1 is 1.61 bits per heavy atom. The summed E-state index contributed by atoms with van der Waals surface area (Å²) in [6.45, 7) is 2.53. The van der Waals surface area contributed by atoms with E-state index in [9.17, 15) is 10.1 Å². The lowest BCUT2D eigenvalue weighted by atomic mass is 10.1. The molecule has 0 aliphatic rings. The standard InChI is InChI=1S/C10H17N5O3/c1-7(3-4-16)5-12-9-8(15(17)18)6-13-10(11-2)14-9/h6-7,16H,3-5H2,1-2H3,(H2,11,12,13,14). The van der Waals surface area contributed by atoms with Crippen LogP contribution >= 0.6 is 0 Å². The molecule has 1 heterocycles. The smallest absolute Gasteiger partial charge is 0.329 e. The Bertz CT molecular complexity index is 412. The molecular weight excluding hydrogens is 238 g/mol. The van der Waals surface area contributed by atoms with E-state index in [-0.39, 0.29) is 24.0 Å². The Morgan fingerprint density at radius 3 is 2.89 bits per heavy atom. The average molecular weight is 255 g/mol. The molecule has 0 saturated carbocycles. The van der Waals surface area contributed by atoms with E-state index in [0.29, 0.717) is 18.9 Å². The highest BCUT2D eigenvalue weighted by Gasteiger charge is 2.17. The van der Waals surface area contributed by atoms with Crippen LogP contribution in [-0.4, -0.2) is 40.2 Å². The van der Waals surface area contributed by atoms with Crippen LogP contribution in [0.2, 0.25) is 0 Å². The van der Waals surface area contributed by atoms with Gasteiger partial charge in [-0.1, -0.05) is 6.92 Å². The topological polar surface area (TPSA) is 113 Å². The van der Waals surface area contributed by atoms with E-state index in [1.807, 2.05) is 6.92 Å². The zero-order valence-electron chi connectivity index (χ0n) is 10.4. The van der Waals surface area contributed by atoms with Gasteiger partial charge in [-0.25, -0.2) is 4.98 Å². The second-order valence-electron chi connectivity index (χ2n) is 3.93. The van der Waals surface area contributed by atoms with E-state index in [1.165, 1.54) is 0 Å². The Balaban J connectivity index is 2.80. The molecule has 100 valence electrons. The highest BCUT2D eigenvalue weighted by Crippen LogP contribution is 2.22. The second kappa shape index (κ2) is 6.70. The number of aromatic nitrogens is 2. The first-order valence-corrected chi connectivity index (χ1v) is 5.62. The molecule has 0 amide bonds. The first-order chi connectivity index (χ1) is 8.58. The molecule has 0 fully saturated rings. The molecule has 1 unspecified atom stereocenters. The quantitative estimate of drug-likeness (QED) is 0.489. The van der Waals surface area contributed by atoms with Gasteiger partial charge in [0.1, 0.15) is 6.20 Å². The number of anilines is 2. The van der Waals surface area contributed by atoms with Gasteiger partial charge in [0.2, 0.25) is 11.8 Å². The highest BCUT2D eigenvalue weighted by molar-refractivity contribution is 5.56. The van der Waals surface area contributed by atoms with E-state index >= 15 is 0 Å². The van der Waals surface area contributed by atoms with Gasteiger partial charge in [0, 0.05) is 20.2 Å². The van der Waals surface area contributed by atoms with Crippen molar-refractivity contribution in [3.63, 3.8) is 0 Å². The van der Waals surface area contributed by atoms with E-state index < -0.39 is 4.92 Å². The monoisotopic (exact) mass is 255 g/mol. The van der Waals surface area contributed by atoms with Gasteiger partial charge in [0.25, 0.3) is 0 Å². The zero-order valence-corrected chi connectivity index (χ0v) is 10.4. The summed E-state index contributed by atoms with van der Waals surface area (Å²) < 4.78 is 0. The number of nitro groups is 1. The van der Waals surface area contributed by atoms with Crippen molar-refractivity contribution in [2.24, 2.45) is 5.92 Å². The molecule has 8 nitrogen and oxygen atoms in total. The molecule has 0 bridgehead atoms. The van der Waals surface area contributed by atoms with Crippen LogP contribution in [0.15, 0.2) is 6.20 Å². The van der Waals surface area contributed by atoms with E-state index in [2.05, 4.69) is 20.6 Å². The van der Waals surface area contributed by atoms with Crippen molar-refractivity contribution in [1.82, 2.24) is 9.97 Å². The molecule has 0 spiro atoms. The summed E-state index contributed by atoms with van der Waals surface area (Å²) in [5.74, 6) is 0.699. The summed E-state index contributed by atoms with van der Waals surface area (Å²) in [7, 11) is 1.64. The molecule has 1 aromatic rings. The molecule has 0 aliphatic heterocycles. The van der Waals surface area contributed by atoms with Crippen LogP contribution in [0.1, 0.15) is 13.3 Å². The molecule has 0 saturated heterocycles. The number of hydrogen-bond donors (Lipinski definition) is 3. The maximum absolute atomic E-state index is 10.8. The van der Waals surface area contributed by atoms with E-state index in [4.69, 9.17) is 5.11 Å². The Kier molecular flexibility index (Phi) is 5.25. The van der Waals surface area contributed by atoms with Crippen LogP contribution < -0.4 is 10.6 Å². The predicted octanol–water partition coefficient (Wildman–Crippen LogP) is 0.857. The van der Waals surface area contributed by atoms with Crippen molar-refractivity contribution in [2.75, 3.05) is 30.8 Å². The van der Waals surface area contributed by atoms with Gasteiger partial charge in [-0.3, -0.25) is 10.1 Å². The van der Waals surface area contributed by atoms with Crippen LogP contribution in [0.25, 0.3) is 0 Å². The summed E-state index contributed by atoms with van der Waals surface area (Å²) >= 11 is 0. The lowest BCUT2D eigenvalue weighted by Gasteiger charge is -2.12. The molecule has 18 heavy (non-hydrogen) atoms. The largest absolute Gasteiger partial charge is 0.396 e. The number of rotatable bonds is 7. The summed E-state index contributed by atoms with van der Waals surface area (Å²) in [4.78, 5) is 18.1. The summed E-state index contributed by atoms with van der Waals surface area (Å²) in [5.41, 5.74) is -0.162. The molecule has 0 radical (unpaired) electrons. The van der Waals surface area contributed by atoms with Crippen molar-refractivity contribution in [3.05, 3.63) is 16.3 Å². The van der Waals surface area contributed by atoms with Crippen LogP contribution in [-0.2, 0) is 0 Å². The minimum absolute atomic E-state index is 0.0937. The van der Waals surface area contributed by atoms with E-state index in [0.717, 1.165) is 6.20 Å². The fraction of sp³-hybridized carbons (Fsp3) is 0.600. The van der Waals surface area contributed by atoms with Crippen molar-refractivity contribution >= 4 is 17.5 Å². The number of hydrogen-bond acceptors (Lipinski definition) is 7. The van der Waals surface area contributed by atoms with Crippen LogP contribution in [0.3, 0.4) is 0 Å². The van der Waals surface area contributed by atoms with Crippen LogP contribution in [0, 0.1) is 16.0 Å². The minimum Gasteiger partial charge on any atom is -0.396 e. The molecule has 1 rings (SSSR count). The normalized spacial score (nSPS) is 11.9. The minimum atomic E-state index is -0.529. The molecule has 0 aliphatic carbocycles. The Labute approximate surface area is 105 Å². The Hall–Kier alpha value is -1.96. The van der Waals surface area contributed by atoms with Gasteiger partial charge in [-0.2, -0.15) is 4.98 Å². The molecule has 0 aromatic carbocycles. The number of nitrogens with one attached hydrogen (secondary N) is 2. The molecule has 1 atom stereocenters. The van der Waals surface area contributed by atoms with Gasteiger partial charge in [0.15, 0.2) is 0 Å². The lowest BCUT2D eigenvalue weighted by Crippen LogP contribution is -2.15. The van der Waals surface area contributed by atoms with Crippen LogP contribution in [0.4, 0.5) is 17.5 Å². The van der Waals surface area contributed by atoms with Gasteiger partial charge in [0.05, 0.1) is 4.92 Å². The second-order valence-corrected chi connectivity index (χ2v) is 3.93. The van der Waals surface area contributed by atoms with Gasteiger partial charge in [-0.15, -0.1) is 0 Å². The molecular formula is C10H17N5O3. The number of nitrogens with zero attached hydrogens (tertiary/aromatic N) is 3. The fourth-order valence-electron chi connectivity index (χ4n) is 1.35. The third-order valence-electron chi connectivity index (χ3n) is 2.43. The van der Waals surface area contributed by atoms with Crippen molar-refractivity contribution in [3.8, 4) is 0 Å². The third kappa shape index (κ3) is 3.81. The third-order valence-corrected chi connectivity index (χ3v) is 2.43. The Morgan fingerprint density at radius 2 is 2.33 bits per heavy atom. The van der Waals surface area contributed by atoms with Crippen molar-refractivity contribution in [2.45, 2.75) is 13.3 Å². The zero-order chi connectivity index (χ0) is 13.5. The SMILES string of the molecule is CNc1ncc([N+](=O)[O-])c(NCC(C)CCO)n1. The van der Waals surface area contributed by atoms with Gasteiger partial charge >= 0.3 is 5.69 Å². The maximum Gasteiger partial charge on any atom is 0.329 e. The predicted molar refractivity (Wildman–Crippen MR) is 67.6 cm³/mol. The highest BCUT2D eigenvalue weighted by atomic mass is 16.6. The van der Waals surface area contributed by atoms with Gasteiger partial charge < -0.3 is 15.7 Å². The van der Waals surface area contributed by atoms with Crippen molar-refractivity contribution in [1.29, 1.82) is 0 Å². The first kappa shape index (κ1) is 14.1. The van der Waals surface area contributed by atoms with E-state index in [1.54, 1.807) is 7.05 Å². The summed E-state index contributed by atoms with van der Waals surface area (Å²) in [6, 6.07) is 0. The van der Waals surface area contributed by atoms with Gasteiger partial charge in [-0.05, 0) is 12.3 Å². The van der Waals surface area contributed by atoms with Crippen LogP contribution in [0.5, 0.6) is 0 Å². The maximum atomic E-state index is 10.8. The van der Waals surface area contributed by atoms with Crippen molar-refractivity contribution < 1.29 is 10.0 Å². The molecule has 1 aromatic heterocycles. The molecule has 3 N–H and O–H groups in total. The lowest BCUT2D eigenvalue weighted by molar-refractivity contribution is -0.384. The fourth-order valence-corrected chi connectivity index (χ4v) is 1.35. The summed E-state index contributed by atoms with van der Waals surface area (Å²) in [5, 5.41) is 25.2. The number of aliphatic hydroxyl groups is 1. The average Bonchev–Trinajstić information content (AvgIpc) is 2.36. The summed E-state index contributed by atoms with van der Waals surface area (Å²) in [6.07, 6.45) is 1.79. The molecule has 8 heteroatoms. The first-order valence-electron chi connectivity index (χ1n) is 5.62. The number of aliphatic hydroxyl groups excluding tert-OH is 1.